The van der Waals surface area contributed by atoms with E-state index in [-0.39, 0.29) is 5.91 Å². The Morgan fingerprint density at radius 3 is 2.56 bits per heavy atom. The minimum absolute atomic E-state index is 0.258. The molecular formula is C26H32N4O2. The van der Waals surface area contributed by atoms with E-state index in [1.54, 1.807) is 19.9 Å². The van der Waals surface area contributed by atoms with Gasteiger partial charge in [-0.25, -0.2) is 4.98 Å². The fourth-order valence-electron chi connectivity index (χ4n) is 4.77. The van der Waals surface area contributed by atoms with Gasteiger partial charge in [0.2, 0.25) is 0 Å². The van der Waals surface area contributed by atoms with E-state index in [9.17, 15) is 9.90 Å². The zero-order chi connectivity index (χ0) is 22.5. The maximum atomic E-state index is 13.0. The molecule has 0 spiro atoms. The molecule has 0 bridgehead atoms. The minimum atomic E-state index is -1.12. The van der Waals surface area contributed by atoms with E-state index in [2.05, 4.69) is 28.1 Å². The van der Waals surface area contributed by atoms with E-state index in [4.69, 9.17) is 5.10 Å². The number of fused-ring (bicyclic) bond motifs is 1. The van der Waals surface area contributed by atoms with Crippen LogP contribution in [0.25, 0.3) is 10.9 Å². The van der Waals surface area contributed by atoms with Crippen molar-refractivity contribution in [1.82, 2.24) is 14.8 Å². The van der Waals surface area contributed by atoms with Crippen LogP contribution in [0.15, 0.2) is 36.5 Å². The Labute approximate surface area is 189 Å². The van der Waals surface area contributed by atoms with Crippen LogP contribution in [0.4, 0.5) is 5.69 Å². The average molecular weight is 433 g/mol. The van der Waals surface area contributed by atoms with Crippen LogP contribution < -0.4 is 5.32 Å². The summed E-state index contributed by atoms with van der Waals surface area (Å²) in [5, 5.41) is 19.6. The number of nitrogens with zero attached hydrogens (tertiary/aromatic N) is 3. The van der Waals surface area contributed by atoms with Crippen LogP contribution in [0.3, 0.4) is 0 Å². The molecule has 1 amide bonds. The summed E-state index contributed by atoms with van der Waals surface area (Å²) < 4.78 is 2.08. The van der Waals surface area contributed by atoms with Crippen molar-refractivity contribution in [3.8, 4) is 0 Å². The summed E-state index contributed by atoms with van der Waals surface area (Å²) in [5.74, 6) is 1.01. The van der Waals surface area contributed by atoms with Gasteiger partial charge in [-0.2, -0.15) is 5.10 Å². The number of hydrogen-bond acceptors (Lipinski definition) is 4. The van der Waals surface area contributed by atoms with Gasteiger partial charge in [-0.1, -0.05) is 13.0 Å². The highest BCUT2D eigenvalue weighted by atomic mass is 16.3. The highest BCUT2D eigenvalue weighted by Crippen LogP contribution is 2.39. The maximum Gasteiger partial charge on any atom is 0.274 e. The molecule has 2 heterocycles. The molecule has 0 atom stereocenters. The van der Waals surface area contributed by atoms with Crippen molar-refractivity contribution in [2.45, 2.75) is 76.9 Å². The highest BCUT2D eigenvalue weighted by Gasteiger charge is 2.27. The number of rotatable bonds is 5. The molecule has 6 nitrogen and oxygen atoms in total. The van der Waals surface area contributed by atoms with Gasteiger partial charge in [0.15, 0.2) is 0 Å². The summed E-state index contributed by atoms with van der Waals surface area (Å²) in [6, 6.07) is 9.87. The third-order valence-corrected chi connectivity index (χ3v) is 6.93. The average Bonchev–Trinajstić information content (AvgIpc) is 3.53. The molecule has 2 fully saturated rings. The molecule has 2 aliphatic rings. The van der Waals surface area contributed by atoms with E-state index in [0.29, 0.717) is 28.9 Å². The second kappa shape index (κ2) is 8.00. The van der Waals surface area contributed by atoms with Crippen molar-refractivity contribution in [3.63, 3.8) is 0 Å². The third-order valence-electron chi connectivity index (χ3n) is 6.93. The molecule has 3 aromatic rings. The zero-order valence-corrected chi connectivity index (χ0v) is 19.1. The van der Waals surface area contributed by atoms with Crippen LogP contribution in [0.2, 0.25) is 0 Å². The van der Waals surface area contributed by atoms with Crippen molar-refractivity contribution in [3.05, 3.63) is 53.5 Å². The molecule has 0 aliphatic heterocycles. The van der Waals surface area contributed by atoms with Crippen molar-refractivity contribution < 1.29 is 9.90 Å². The van der Waals surface area contributed by atoms with Crippen LogP contribution >= 0.6 is 0 Å². The highest BCUT2D eigenvalue weighted by molar-refractivity contribution is 6.04. The normalized spacial score (nSPS) is 21.6. The standard InChI is InChI=1S/C26H32N4O2/c1-16-7-11-19(12-8-16)30-15-18-13-24(20(26(2,3)32)14-23(18)29-30)28-25(31)22-6-4-5-21(27-22)17-9-10-17/h4-6,13-17,19,32H,7-12H2,1-3H3,(H,28,31)/t16-,19-. The molecule has 2 aliphatic carbocycles. The fourth-order valence-corrected chi connectivity index (χ4v) is 4.77. The van der Waals surface area contributed by atoms with Crippen molar-refractivity contribution in [1.29, 1.82) is 0 Å². The fraction of sp³-hybridized carbons (Fsp3) is 0.500. The van der Waals surface area contributed by atoms with E-state index >= 15 is 0 Å². The van der Waals surface area contributed by atoms with E-state index in [0.717, 1.165) is 48.2 Å². The Bertz CT molecular complexity index is 1150. The molecule has 32 heavy (non-hydrogen) atoms. The summed E-state index contributed by atoms with van der Waals surface area (Å²) >= 11 is 0. The lowest BCUT2D eigenvalue weighted by molar-refractivity contribution is 0.0793. The van der Waals surface area contributed by atoms with Gasteiger partial charge in [0.05, 0.1) is 17.2 Å². The van der Waals surface area contributed by atoms with Crippen LogP contribution in [0.1, 0.15) is 93.0 Å². The number of aliphatic hydroxyl groups is 1. The van der Waals surface area contributed by atoms with Crippen molar-refractivity contribution in [2.75, 3.05) is 5.32 Å². The quantitative estimate of drug-likeness (QED) is 0.555. The Hall–Kier alpha value is -2.73. The van der Waals surface area contributed by atoms with E-state index in [1.165, 1.54) is 12.8 Å². The summed E-state index contributed by atoms with van der Waals surface area (Å²) in [6.45, 7) is 5.78. The lowest BCUT2D eigenvalue weighted by Gasteiger charge is -2.26. The van der Waals surface area contributed by atoms with Crippen LogP contribution in [-0.2, 0) is 5.60 Å². The van der Waals surface area contributed by atoms with Gasteiger partial charge in [0.1, 0.15) is 5.69 Å². The second-order valence-corrected chi connectivity index (χ2v) is 10.2. The molecule has 2 aromatic heterocycles. The first-order valence-corrected chi connectivity index (χ1v) is 11.8. The Morgan fingerprint density at radius 2 is 1.88 bits per heavy atom. The van der Waals surface area contributed by atoms with E-state index in [1.807, 2.05) is 24.3 Å². The molecule has 0 unspecified atom stereocenters. The van der Waals surface area contributed by atoms with Crippen molar-refractivity contribution in [2.24, 2.45) is 5.92 Å². The summed E-state index contributed by atoms with van der Waals surface area (Å²) in [6.07, 6.45) is 9.09. The molecule has 0 saturated heterocycles. The van der Waals surface area contributed by atoms with Gasteiger partial charge < -0.3 is 10.4 Å². The van der Waals surface area contributed by atoms with Crippen molar-refractivity contribution >= 4 is 22.5 Å². The Kier molecular flexibility index (Phi) is 5.28. The summed E-state index contributed by atoms with van der Waals surface area (Å²) in [7, 11) is 0. The predicted octanol–water partition coefficient (Wildman–Crippen LogP) is 5.54. The number of aromatic nitrogens is 3. The first-order valence-electron chi connectivity index (χ1n) is 11.8. The summed E-state index contributed by atoms with van der Waals surface area (Å²) in [4.78, 5) is 17.6. The number of hydrogen-bond donors (Lipinski definition) is 2. The van der Waals surface area contributed by atoms with Gasteiger partial charge in [0.25, 0.3) is 5.91 Å². The molecular weight excluding hydrogens is 400 g/mol. The maximum absolute atomic E-state index is 13.0. The van der Waals surface area contributed by atoms with E-state index < -0.39 is 5.60 Å². The molecule has 1 aromatic carbocycles. The molecule has 2 N–H and O–H groups in total. The van der Waals surface area contributed by atoms with Crippen LogP contribution in [0, 0.1) is 5.92 Å². The van der Waals surface area contributed by atoms with Gasteiger partial charge in [-0.15, -0.1) is 0 Å². The first-order chi connectivity index (χ1) is 15.3. The number of carbonyl (C=O) groups excluding carboxylic acids is 1. The Morgan fingerprint density at radius 1 is 1.12 bits per heavy atom. The number of amides is 1. The molecule has 2 saturated carbocycles. The van der Waals surface area contributed by atoms with Crippen LogP contribution in [0.5, 0.6) is 0 Å². The SMILES string of the molecule is CC(C)(O)c1cc2nn([C@H]3CC[C@H](C)CC3)cc2cc1NC(=O)c1cccc(C2CC2)n1. The monoisotopic (exact) mass is 432 g/mol. The summed E-state index contributed by atoms with van der Waals surface area (Å²) in [5.41, 5.74) is 2.36. The zero-order valence-electron chi connectivity index (χ0n) is 19.1. The number of anilines is 1. The number of pyridine rings is 1. The number of nitrogens with one attached hydrogen (secondary N) is 1. The lowest BCUT2D eigenvalue weighted by atomic mass is 9.87. The Balaban J connectivity index is 1.46. The van der Waals surface area contributed by atoms with Gasteiger partial charge in [-0.05, 0) is 82.6 Å². The lowest BCUT2D eigenvalue weighted by Crippen LogP contribution is -2.21. The predicted molar refractivity (Wildman–Crippen MR) is 126 cm³/mol. The third kappa shape index (κ3) is 4.29. The molecule has 0 radical (unpaired) electrons. The van der Waals surface area contributed by atoms with Gasteiger partial charge >= 0.3 is 0 Å². The first kappa shape index (κ1) is 21.1. The molecule has 168 valence electrons. The van der Waals surface area contributed by atoms with Gasteiger partial charge in [-0.3, -0.25) is 9.48 Å². The van der Waals surface area contributed by atoms with Gasteiger partial charge in [0, 0.05) is 34.4 Å². The molecule has 5 rings (SSSR count). The largest absolute Gasteiger partial charge is 0.386 e. The van der Waals surface area contributed by atoms with Crippen LogP contribution in [-0.4, -0.2) is 25.8 Å². The topological polar surface area (TPSA) is 80.0 Å². The minimum Gasteiger partial charge on any atom is -0.386 e. The second-order valence-electron chi connectivity index (χ2n) is 10.2. The number of carbonyl (C=O) groups is 1. The molecule has 6 heteroatoms. The smallest absolute Gasteiger partial charge is 0.274 e. The number of benzene rings is 1.